The first-order chi connectivity index (χ1) is 12.8. The lowest BCUT2D eigenvalue weighted by Gasteiger charge is -2.07. The van der Waals surface area contributed by atoms with Crippen molar-refractivity contribution in [3.63, 3.8) is 0 Å². The van der Waals surface area contributed by atoms with Gasteiger partial charge in [-0.1, -0.05) is 41.9 Å². The van der Waals surface area contributed by atoms with Crippen molar-refractivity contribution in [1.82, 2.24) is 9.97 Å². The Morgan fingerprint density at radius 2 is 1.74 bits per heavy atom. The Morgan fingerprint density at radius 3 is 2.41 bits per heavy atom. The molecule has 138 valence electrons. The van der Waals surface area contributed by atoms with Crippen LogP contribution in [0.15, 0.2) is 66.0 Å². The van der Waals surface area contributed by atoms with E-state index in [1.807, 2.05) is 0 Å². The van der Waals surface area contributed by atoms with Crippen molar-refractivity contribution in [3.05, 3.63) is 82.9 Å². The summed E-state index contributed by atoms with van der Waals surface area (Å²) in [6, 6.07) is 13.2. The van der Waals surface area contributed by atoms with Crippen molar-refractivity contribution in [3.8, 4) is 5.75 Å². The summed E-state index contributed by atoms with van der Waals surface area (Å²) in [5.41, 5.74) is 0.147. The number of esters is 1. The van der Waals surface area contributed by atoms with Crippen LogP contribution in [0, 0.1) is 5.82 Å². The molecule has 1 heterocycles. The molecule has 2 aromatic carbocycles. The summed E-state index contributed by atoms with van der Waals surface area (Å²) in [4.78, 5) is 19.8. The first kappa shape index (κ1) is 18.9. The third-order valence-electron chi connectivity index (χ3n) is 3.42. The van der Waals surface area contributed by atoms with Gasteiger partial charge in [-0.05, 0) is 29.8 Å². The Bertz CT molecular complexity index is 1070. The fraction of sp³-hybridized carbons (Fsp3) is 0.0556. The number of halogens is 2. The minimum absolute atomic E-state index is 0.0600. The maximum atomic E-state index is 12.9. The monoisotopic (exact) mass is 406 g/mol. The Kier molecular flexibility index (Phi) is 5.48. The number of rotatable bonds is 5. The van der Waals surface area contributed by atoms with Gasteiger partial charge in [0.15, 0.2) is 5.69 Å². The van der Waals surface area contributed by atoms with Gasteiger partial charge < -0.3 is 4.74 Å². The van der Waals surface area contributed by atoms with E-state index in [2.05, 4.69) is 9.97 Å². The maximum Gasteiger partial charge on any atom is 0.364 e. The van der Waals surface area contributed by atoms with Gasteiger partial charge in [-0.3, -0.25) is 0 Å². The minimum atomic E-state index is -3.90. The third-order valence-corrected chi connectivity index (χ3v) is 5.16. The van der Waals surface area contributed by atoms with Crippen molar-refractivity contribution in [2.75, 3.05) is 0 Å². The van der Waals surface area contributed by atoms with E-state index in [0.29, 0.717) is 5.56 Å². The Hall–Kier alpha value is -2.84. The van der Waals surface area contributed by atoms with Crippen molar-refractivity contribution in [2.45, 2.75) is 10.9 Å². The first-order valence-corrected chi connectivity index (χ1v) is 9.65. The van der Waals surface area contributed by atoms with Crippen LogP contribution in [-0.2, 0) is 15.6 Å². The molecular weight excluding hydrogens is 395 g/mol. The second kappa shape index (κ2) is 7.81. The fourth-order valence-electron chi connectivity index (χ4n) is 2.16. The van der Waals surface area contributed by atoms with E-state index < -0.39 is 32.5 Å². The van der Waals surface area contributed by atoms with Crippen LogP contribution in [0.4, 0.5) is 4.39 Å². The van der Waals surface area contributed by atoms with Gasteiger partial charge in [-0.2, -0.15) is 0 Å². The zero-order chi connectivity index (χ0) is 19.4. The third kappa shape index (κ3) is 4.66. The molecule has 3 rings (SSSR count). The number of aromatic nitrogens is 2. The minimum Gasteiger partial charge on any atom is -0.422 e. The summed E-state index contributed by atoms with van der Waals surface area (Å²) in [6.07, 6.45) is 1.02. The molecule has 1 aromatic heterocycles. The molecule has 0 N–H and O–H groups in total. The number of sulfone groups is 1. The van der Waals surface area contributed by atoms with Crippen LogP contribution in [0.2, 0.25) is 5.02 Å². The van der Waals surface area contributed by atoms with Gasteiger partial charge in [0.1, 0.15) is 11.6 Å². The van der Waals surface area contributed by atoms with Crippen LogP contribution in [0.5, 0.6) is 5.75 Å². The molecule has 0 bridgehead atoms. The van der Waals surface area contributed by atoms with Crippen LogP contribution in [0.1, 0.15) is 16.1 Å². The predicted molar refractivity (Wildman–Crippen MR) is 95.7 cm³/mol. The molecule has 0 amide bonds. The molecule has 27 heavy (non-hydrogen) atoms. The van der Waals surface area contributed by atoms with Crippen molar-refractivity contribution in [1.29, 1.82) is 0 Å². The molecule has 6 nitrogen and oxygen atoms in total. The maximum absolute atomic E-state index is 12.9. The van der Waals surface area contributed by atoms with E-state index >= 15 is 0 Å². The van der Waals surface area contributed by atoms with Crippen LogP contribution >= 0.6 is 11.6 Å². The smallest absolute Gasteiger partial charge is 0.364 e. The number of benzene rings is 2. The van der Waals surface area contributed by atoms with E-state index in [4.69, 9.17) is 16.3 Å². The predicted octanol–water partition coefficient (Wildman–Crippen LogP) is 3.46. The second-order valence-electron chi connectivity index (χ2n) is 5.44. The zero-order valence-electron chi connectivity index (χ0n) is 13.7. The summed E-state index contributed by atoms with van der Waals surface area (Å²) in [7, 11) is -3.90. The average molecular weight is 407 g/mol. The van der Waals surface area contributed by atoms with Gasteiger partial charge in [0.05, 0.1) is 17.0 Å². The standard InChI is InChI=1S/C18H12ClFN2O4S/c19-15-10-21-18(27(24,25)11-12-4-2-1-3-5-12)22-16(15)17(23)26-14-8-6-13(20)7-9-14/h1-10H,11H2. The number of hydrogen-bond acceptors (Lipinski definition) is 6. The van der Waals surface area contributed by atoms with Crippen LogP contribution in [0.3, 0.4) is 0 Å². The van der Waals surface area contributed by atoms with Gasteiger partial charge in [0.25, 0.3) is 0 Å². The van der Waals surface area contributed by atoms with Gasteiger partial charge in [-0.25, -0.2) is 27.6 Å². The lowest BCUT2D eigenvalue weighted by atomic mass is 10.2. The van der Waals surface area contributed by atoms with Crippen molar-refractivity contribution in [2.24, 2.45) is 0 Å². The molecule has 9 heteroatoms. The SMILES string of the molecule is O=C(Oc1ccc(F)cc1)c1nc(S(=O)(=O)Cc2ccccc2)ncc1Cl. The van der Waals surface area contributed by atoms with Gasteiger partial charge >= 0.3 is 5.97 Å². The normalized spacial score (nSPS) is 11.2. The quantitative estimate of drug-likeness (QED) is 0.366. The average Bonchev–Trinajstić information content (AvgIpc) is 2.64. The first-order valence-electron chi connectivity index (χ1n) is 7.62. The number of hydrogen-bond donors (Lipinski definition) is 0. The molecule has 0 aliphatic rings. The van der Waals surface area contributed by atoms with E-state index in [1.165, 1.54) is 12.1 Å². The number of ether oxygens (including phenoxy) is 1. The van der Waals surface area contributed by atoms with Crippen LogP contribution < -0.4 is 4.74 Å². The van der Waals surface area contributed by atoms with Crippen LogP contribution in [-0.4, -0.2) is 24.4 Å². The number of carbonyl (C=O) groups is 1. The van der Waals surface area contributed by atoms with Crippen LogP contribution in [0.25, 0.3) is 0 Å². The lowest BCUT2D eigenvalue weighted by Crippen LogP contribution is -2.16. The molecule has 0 aliphatic carbocycles. The lowest BCUT2D eigenvalue weighted by molar-refractivity contribution is 0.0727. The Labute approximate surface area is 159 Å². The van der Waals surface area contributed by atoms with E-state index in [9.17, 15) is 17.6 Å². The van der Waals surface area contributed by atoms with Gasteiger partial charge in [0, 0.05) is 0 Å². The fourth-order valence-corrected chi connectivity index (χ4v) is 3.53. The molecule has 0 aliphatic heterocycles. The summed E-state index contributed by atoms with van der Waals surface area (Å²) < 4.78 is 43.0. The molecule has 0 fully saturated rings. The highest BCUT2D eigenvalue weighted by Crippen LogP contribution is 2.20. The van der Waals surface area contributed by atoms with Gasteiger partial charge in [-0.15, -0.1) is 0 Å². The van der Waals surface area contributed by atoms with Crippen molar-refractivity contribution < 1.29 is 22.3 Å². The topological polar surface area (TPSA) is 86.2 Å². The number of nitrogens with zero attached hydrogens (tertiary/aromatic N) is 2. The molecule has 0 spiro atoms. The molecule has 0 unspecified atom stereocenters. The van der Waals surface area contributed by atoms with E-state index in [-0.39, 0.29) is 16.5 Å². The highest BCUT2D eigenvalue weighted by molar-refractivity contribution is 7.90. The molecule has 0 saturated heterocycles. The highest BCUT2D eigenvalue weighted by atomic mass is 35.5. The summed E-state index contributed by atoms with van der Waals surface area (Å²) in [5.74, 6) is -1.75. The Balaban J connectivity index is 1.87. The molecule has 3 aromatic rings. The summed E-state index contributed by atoms with van der Waals surface area (Å²) >= 11 is 5.91. The molecule has 0 atom stereocenters. The van der Waals surface area contributed by atoms with E-state index in [0.717, 1.165) is 18.3 Å². The largest absolute Gasteiger partial charge is 0.422 e. The molecule has 0 radical (unpaired) electrons. The summed E-state index contributed by atoms with van der Waals surface area (Å²) in [6.45, 7) is 0. The molecule has 0 saturated carbocycles. The second-order valence-corrected chi connectivity index (χ2v) is 7.73. The molecular formula is C18H12ClFN2O4S. The number of carbonyl (C=O) groups excluding carboxylic acids is 1. The van der Waals surface area contributed by atoms with Gasteiger partial charge in [0.2, 0.25) is 15.0 Å². The highest BCUT2D eigenvalue weighted by Gasteiger charge is 2.24. The zero-order valence-corrected chi connectivity index (χ0v) is 15.2. The van der Waals surface area contributed by atoms with Crippen molar-refractivity contribution >= 4 is 27.4 Å². The summed E-state index contributed by atoms with van der Waals surface area (Å²) in [5, 5.41) is -0.706. The Morgan fingerprint density at radius 1 is 1.07 bits per heavy atom. The van der Waals surface area contributed by atoms with E-state index in [1.54, 1.807) is 30.3 Å².